The molecule has 5 nitrogen and oxygen atoms in total. The van der Waals surface area contributed by atoms with Crippen LogP contribution in [0.5, 0.6) is 5.75 Å². The topological polar surface area (TPSA) is 66.8 Å². The average molecular weight is 275 g/mol. The average Bonchev–Trinajstić information content (AvgIpc) is 2.93. The standard InChI is InChI=1S/C15H17NO4/c17-14(16-7-2-1-3-12(16)15(18)19)11-4-5-13-10(9-11)6-8-20-13/h4-5,9,12H,1-3,6-8H2,(H,18,19). The monoisotopic (exact) mass is 275 g/mol. The number of ether oxygens (including phenoxy) is 1. The minimum Gasteiger partial charge on any atom is -0.493 e. The summed E-state index contributed by atoms with van der Waals surface area (Å²) >= 11 is 0. The number of likely N-dealkylation sites (tertiary alicyclic amines) is 1. The molecule has 2 heterocycles. The van der Waals surface area contributed by atoms with E-state index in [1.165, 1.54) is 4.90 Å². The molecule has 3 rings (SSSR count). The number of carboxylic acids is 1. The molecule has 106 valence electrons. The molecule has 1 saturated heterocycles. The van der Waals surface area contributed by atoms with Crippen molar-refractivity contribution in [1.29, 1.82) is 0 Å². The van der Waals surface area contributed by atoms with Crippen molar-refractivity contribution in [3.63, 3.8) is 0 Å². The summed E-state index contributed by atoms with van der Waals surface area (Å²) in [6.45, 7) is 1.16. The molecular weight excluding hydrogens is 258 g/mol. The Morgan fingerprint density at radius 3 is 2.95 bits per heavy atom. The fourth-order valence-corrected chi connectivity index (χ4v) is 2.92. The fraction of sp³-hybridized carbons (Fsp3) is 0.467. The Balaban J connectivity index is 1.85. The first-order valence-corrected chi connectivity index (χ1v) is 6.96. The predicted octanol–water partition coefficient (Wildman–Crippen LogP) is 1.70. The van der Waals surface area contributed by atoms with Crippen LogP contribution < -0.4 is 4.74 Å². The second kappa shape index (κ2) is 5.15. The summed E-state index contributed by atoms with van der Waals surface area (Å²) in [5.74, 6) is -0.274. The summed E-state index contributed by atoms with van der Waals surface area (Å²) in [6, 6.07) is 4.66. The summed E-state index contributed by atoms with van der Waals surface area (Å²) in [5.41, 5.74) is 1.59. The van der Waals surface area contributed by atoms with Crippen LogP contribution in [0.15, 0.2) is 18.2 Å². The number of carboxylic acid groups (broad SMARTS) is 1. The Morgan fingerprint density at radius 1 is 1.30 bits per heavy atom. The fourth-order valence-electron chi connectivity index (χ4n) is 2.92. The number of hydrogen-bond acceptors (Lipinski definition) is 3. The van der Waals surface area contributed by atoms with Crippen LogP contribution in [0.4, 0.5) is 0 Å². The summed E-state index contributed by atoms with van der Waals surface area (Å²) in [5, 5.41) is 9.25. The van der Waals surface area contributed by atoms with Gasteiger partial charge in [0.2, 0.25) is 0 Å². The lowest BCUT2D eigenvalue weighted by Gasteiger charge is -2.33. The van der Waals surface area contributed by atoms with E-state index in [0.29, 0.717) is 25.1 Å². The predicted molar refractivity (Wildman–Crippen MR) is 72.0 cm³/mol. The van der Waals surface area contributed by atoms with Crippen LogP contribution in [-0.2, 0) is 11.2 Å². The minimum atomic E-state index is -0.914. The first kappa shape index (κ1) is 13.0. The highest BCUT2D eigenvalue weighted by molar-refractivity contribution is 5.97. The number of piperidine rings is 1. The number of aliphatic carboxylic acids is 1. The van der Waals surface area contributed by atoms with Gasteiger partial charge in [0.25, 0.3) is 5.91 Å². The van der Waals surface area contributed by atoms with E-state index in [1.807, 2.05) is 6.07 Å². The molecule has 1 N–H and O–H groups in total. The maximum atomic E-state index is 12.5. The van der Waals surface area contributed by atoms with E-state index < -0.39 is 12.0 Å². The quantitative estimate of drug-likeness (QED) is 0.892. The highest BCUT2D eigenvalue weighted by atomic mass is 16.5. The lowest BCUT2D eigenvalue weighted by molar-refractivity contribution is -0.143. The van der Waals surface area contributed by atoms with Crippen LogP contribution in [0.1, 0.15) is 35.2 Å². The molecule has 0 aliphatic carbocycles. The molecule has 0 radical (unpaired) electrons. The zero-order valence-corrected chi connectivity index (χ0v) is 11.2. The van der Waals surface area contributed by atoms with E-state index in [2.05, 4.69) is 0 Å². The molecule has 1 amide bonds. The number of amides is 1. The molecule has 2 aliphatic rings. The van der Waals surface area contributed by atoms with Gasteiger partial charge in [-0.25, -0.2) is 4.79 Å². The van der Waals surface area contributed by atoms with Crippen molar-refractivity contribution >= 4 is 11.9 Å². The number of rotatable bonds is 2. The number of benzene rings is 1. The van der Waals surface area contributed by atoms with E-state index >= 15 is 0 Å². The van der Waals surface area contributed by atoms with Gasteiger partial charge in [0, 0.05) is 18.5 Å². The highest BCUT2D eigenvalue weighted by Crippen LogP contribution is 2.27. The molecule has 1 aromatic carbocycles. The van der Waals surface area contributed by atoms with Gasteiger partial charge in [0.05, 0.1) is 6.61 Å². The first-order chi connectivity index (χ1) is 9.66. The van der Waals surface area contributed by atoms with Gasteiger partial charge in [0.1, 0.15) is 11.8 Å². The summed E-state index contributed by atoms with van der Waals surface area (Å²) in [4.78, 5) is 25.3. The molecule has 0 bridgehead atoms. The van der Waals surface area contributed by atoms with E-state index in [9.17, 15) is 14.7 Å². The van der Waals surface area contributed by atoms with E-state index in [4.69, 9.17) is 4.74 Å². The SMILES string of the molecule is O=C(O)C1CCCCN1C(=O)c1ccc2c(c1)CCO2. The minimum absolute atomic E-state index is 0.188. The molecule has 1 unspecified atom stereocenters. The Morgan fingerprint density at radius 2 is 2.15 bits per heavy atom. The van der Waals surface area contributed by atoms with Crippen molar-refractivity contribution in [2.75, 3.05) is 13.2 Å². The second-order valence-corrected chi connectivity index (χ2v) is 5.27. The molecule has 20 heavy (non-hydrogen) atoms. The van der Waals surface area contributed by atoms with Crippen molar-refractivity contribution in [3.05, 3.63) is 29.3 Å². The zero-order chi connectivity index (χ0) is 14.1. The molecule has 2 aliphatic heterocycles. The molecule has 5 heteroatoms. The highest BCUT2D eigenvalue weighted by Gasteiger charge is 2.32. The Kier molecular flexibility index (Phi) is 3.34. The van der Waals surface area contributed by atoms with Crippen LogP contribution in [-0.4, -0.2) is 41.1 Å². The Labute approximate surface area is 117 Å². The van der Waals surface area contributed by atoms with E-state index in [1.54, 1.807) is 12.1 Å². The number of carbonyl (C=O) groups excluding carboxylic acids is 1. The lowest BCUT2D eigenvalue weighted by atomic mass is 10.00. The van der Waals surface area contributed by atoms with Crippen LogP contribution in [0, 0.1) is 0 Å². The second-order valence-electron chi connectivity index (χ2n) is 5.27. The smallest absolute Gasteiger partial charge is 0.326 e. The van der Waals surface area contributed by atoms with E-state index in [-0.39, 0.29) is 5.91 Å². The van der Waals surface area contributed by atoms with Gasteiger partial charge in [-0.1, -0.05) is 0 Å². The van der Waals surface area contributed by atoms with Crippen molar-refractivity contribution in [3.8, 4) is 5.75 Å². The third-order valence-corrected chi connectivity index (χ3v) is 3.99. The molecule has 0 spiro atoms. The molecule has 0 saturated carbocycles. The Hall–Kier alpha value is -2.04. The lowest BCUT2D eigenvalue weighted by Crippen LogP contribution is -2.48. The number of nitrogens with zero attached hydrogens (tertiary/aromatic N) is 1. The maximum Gasteiger partial charge on any atom is 0.326 e. The van der Waals surface area contributed by atoms with Crippen molar-refractivity contribution < 1.29 is 19.4 Å². The van der Waals surface area contributed by atoms with Gasteiger partial charge in [0.15, 0.2) is 0 Å². The number of carbonyl (C=O) groups is 2. The largest absolute Gasteiger partial charge is 0.493 e. The van der Waals surface area contributed by atoms with E-state index in [0.717, 1.165) is 30.6 Å². The first-order valence-electron chi connectivity index (χ1n) is 6.96. The van der Waals surface area contributed by atoms with Gasteiger partial charge < -0.3 is 14.7 Å². The van der Waals surface area contributed by atoms with Crippen molar-refractivity contribution in [2.24, 2.45) is 0 Å². The van der Waals surface area contributed by atoms with Gasteiger partial charge in [-0.15, -0.1) is 0 Å². The van der Waals surface area contributed by atoms with Gasteiger partial charge in [-0.3, -0.25) is 4.79 Å². The van der Waals surface area contributed by atoms with Gasteiger partial charge >= 0.3 is 5.97 Å². The third-order valence-electron chi connectivity index (χ3n) is 3.99. The van der Waals surface area contributed by atoms with Gasteiger partial charge in [-0.05, 0) is 43.0 Å². The maximum absolute atomic E-state index is 12.5. The molecular formula is C15H17NO4. The number of fused-ring (bicyclic) bond motifs is 1. The van der Waals surface area contributed by atoms with Crippen molar-refractivity contribution in [2.45, 2.75) is 31.7 Å². The zero-order valence-electron chi connectivity index (χ0n) is 11.2. The van der Waals surface area contributed by atoms with Crippen LogP contribution in [0.3, 0.4) is 0 Å². The van der Waals surface area contributed by atoms with Crippen molar-refractivity contribution in [1.82, 2.24) is 4.90 Å². The summed E-state index contributed by atoms with van der Waals surface area (Å²) < 4.78 is 5.42. The van der Waals surface area contributed by atoms with Crippen LogP contribution in [0.2, 0.25) is 0 Å². The molecule has 0 aromatic heterocycles. The third kappa shape index (κ3) is 2.24. The molecule has 1 fully saturated rings. The number of hydrogen-bond donors (Lipinski definition) is 1. The van der Waals surface area contributed by atoms with Crippen LogP contribution in [0.25, 0.3) is 0 Å². The summed E-state index contributed by atoms with van der Waals surface area (Å²) in [6.07, 6.45) is 3.07. The Bertz CT molecular complexity index is 555. The summed E-state index contributed by atoms with van der Waals surface area (Å²) in [7, 11) is 0. The molecule has 1 atom stereocenters. The molecule has 1 aromatic rings. The normalized spacial score (nSPS) is 21.2. The van der Waals surface area contributed by atoms with Crippen LogP contribution >= 0.6 is 0 Å². The van der Waals surface area contributed by atoms with Gasteiger partial charge in [-0.2, -0.15) is 0 Å².